The van der Waals surface area contributed by atoms with Crippen LogP contribution in [-0.2, 0) is 4.79 Å². The molecule has 3 heterocycles. The number of hydrogen-bond acceptors (Lipinski definition) is 5. The Kier molecular flexibility index (Phi) is 5.11. The van der Waals surface area contributed by atoms with Crippen molar-refractivity contribution in [2.24, 2.45) is 0 Å². The van der Waals surface area contributed by atoms with Gasteiger partial charge in [0.25, 0.3) is 0 Å². The zero-order chi connectivity index (χ0) is 18.1. The van der Waals surface area contributed by atoms with Gasteiger partial charge in [-0.2, -0.15) is 0 Å². The zero-order valence-electron chi connectivity index (χ0n) is 16.0. The standard InChI is InChI=1S/C20H31N5O/c1-3-24-12-18-8-9-19(13-24)25(18)20-21-10-16(11-22-20)15-4-6-17(7-5-15)23-14(2)26/h10-11,15,17-19H,3-9,12-13H2,1-2H3,(H,23,26). The number of aromatic nitrogens is 2. The molecule has 2 saturated heterocycles. The highest BCUT2D eigenvalue weighted by atomic mass is 16.1. The lowest BCUT2D eigenvalue weighted by Gasteiger charge is -2.40. The number of rotatable bonds is 4. The Bertz CT molecular complexity index is 612. The Hall–Kier alpha value is -1.69. The van der Waals surface area contributed by atoms with Crippen molar-refractivity contribution in [3.05, 3.63) is 18.0 Å². The fourth-order valence-corrected chi connectivity index (χ4v) is 5.11. The Balaban J connectivity index is 1.38. The summed E-state index contributed by atoms with van der Waals surface area (Å²) >= 11 is 0. The van der Waals surface area contributed by atoms with E-state index in [0.717, 1.165) is 51.3 Å². The normalized spacial score (nSPS) is 31.8. The number of likely N-dealkylation sites (tertiary alicyclic amines) is 1. The fourth-order valence-electron chi connectivity index (χ4n) is 5.11. The molecular formula is C20H31N5O. The van der Waals surface area contributed by atoms with E-state index in [1.807, 2.05) is 0 Å². The molecule has 2 unspecified atom stereocenters. The van der Waals surface area contributed by atoms with Crippen molar-refractivity contribution in [3.8, 4) is 0 Å². The number of nitrogens with zero attached hydrogens (tertiary/aromatic N) is 4. The molecule has 0 radical (unpaired) electrons. The second kappa shape index (κ2) is 7.51. The van der Waals surface area contributed by atoms with Crippen LogP contribution in [0.5, 0.6) is 0 Å². The van der Waals surface area contributed by atoms with Gasteiger partial charge in [-0.25, -0.2) is 9.97 Å². The molecular weight excluding hydrogens is 326 g/mol. The number of carbonyl (C=O) groups is 1. The molecule has 26 heavy (non-hydrogen) atoms. The van der Waals surface area contributed by atoms with Crippen LogP contribution in [0.25, 0.3) is 0 Å². The highest BCUT2D eigenvalue weighted by Crippen LogP contribution is 2.35. The van der Waals surface area contributed by atoms with E-state index in [4.69, 9.17) is 9.97 Å². The quantitative estimate of drug-likeness (QED) is 0.896. The maximum Gasteiger partial charge on any atom is 0.225 e. The minimum atomic E-state index is 0.0823. The summed E-state index contributed by atoms with van der Waals surface area (Å²) in [7, 11) is 0. The monoisotopic (exact) mass is 357 g/mol. The Morgan fingerprint density at radius 2 is 1.69 bits per heavy atom. The lowest BCUT2D eigenvalue weighted by molar-refractivity contribution is -0.119. The highest BCUT2D eigenvalue weighted by molar-refractivity contribution is 5.73. The van der Waals surface area contributed by atoms with E-state index in [1.54, 1.807) is 6.92 Å². The molecule has 2 bridgehead atoms. The third kappa shape index (κ3) is 3.56. The van der Waals surface area contributed by atoms with Crippen molar-refractivity contribution >= 4 is 11.9 Å². The van der Waals surface area contributed by atoms with Gasteiger partial charge in [-0.05, 0) is 56.6 Å². The van der Waals surface area contributed by atoms with Crippen LogP contribution in [-0.4, -0.2) is 58.5 Å². The average Bonchev–Trinajstić information content (AvgIpc) is 2.91. The minimum Gasteiger partial charge on any atom is -0.354 e. The molecule has 1 aromatic heterocycles. The van der Waals surface area contributed by atoms with E-state index >= 15 is 0 Å². The molecule has 0 aromatic carbocycles. The second-order valence-corrected chi connectivity index (χ2v) is 8.21. The van der Waals surface area contributed by atoms with Crippen molar-refractivity contribution in [2.45, 2.75) is 76.4 Å². The number of likely N-dealkylation sites (N-methyl/N-ethyl adjacent to an activating group) is 1. The molecule has 3 fully saturated rings. The van der Waals surface area contributed by atoms with Crippen LogP contribution in [0.15, 0.2) is 12.4 Å². The van der Waals surface area contributed by atoms with E-state index in [-0.39, 0.29) is 5.91 Å². The summed E-state index contributed by atoms with van der Waals surface area (Å²) in [6.07, 6.45) is 10.9. The van der Waals surface area contributed by atoms with Gasteiger partial charge in [0.15, 0.2) is 0 Å². The van der Waals surface area contributed by atoms with Gasteiger partial charge in [0.2, 0.25) is 11.9 Å². The summed E-state index contributed by atoms with van der Waals surface area (Å²) in [5.74, 6) is 1.53. The smallest absolute Gasteiger partial charge is 0.225 e. The molecule has 3 aliphatic rings. The van der Waals surface area contributed by atoms with Crippen molar-refractivity contribution in [1.82, 2.24) is 20.2 Å². The first-order chi connectivity index (χ1) is 12.6. The summed E-state index contributed by atoms with van der Waals surface area (Å²) < 4.78 is 0. The van der Waals surface area contributed by atoms with Crippen LogP contribution in [0.3, 0.4) is 0 Å². The van der Waals surface area contributed by atoms with Crippen molar-refractivity contribution < 1.29 is 4.79 Å². The SMILES string of the molecule is CCN1CC2CCC(C1)N2c1ncc(C2CCC(NC(C)=O)CC2)cn1. The number of carbonyl (C=O) groups excluding carboxylic acids is 1. The molecule has 6 nitrogen and oxygen atoms in total. The van der Waals surface area contributed by atoms with Gasteiger partial charge < -0.3 is 10.2 Å². The number of amides is 1. The van der Waals surface area contributed by atoms with Crippen LogP contribution < -0.4 is 10.2 Å². The first-order valence-corrected chi connectivity index (χ1v) is 10.2. The van der Waals surface area contributed by atoms with Gasteiger partial charge in [0, 0.05) is 50.5 Å². The van der Waals surface area contributed by atoms with Gasteiger partial charge in [-0.1, -0.05) is 6.92 Å². The second-order valence-electron chi connectivity index (χ2n) is 8.21. The van der Waals surface area contributed by atoms with Gasteiger partial charge in [0.1, 0.15) is 0 Å². The third-order valence-electron chi connectivity index (χ3n) is 6.50. The molecule has 4 rings (SSSR count). The third-order valence-corrected chi connectivity index (χ3v) is 6.50. The van der Waals surface area contributed by atoms with E-state index in [9.17, 15) is 4.79 Å². The lowest BCUT2D eigenvalue weighted by Crippen LogP contribution is -2.54. The molecule has 142 valence electrons. The number of hydrogen-bond donors (Lipinski definition) is 1. The predicted octanol–water partition coefficient (Wildman–Crippen LogP) is 2.31. The number of fused-ring (bicyclic) bond motifs is 2. The maximum absolute atomic E-state index is 11.2. The maximum atomic E-state index is 11.2. The van der Waals surface area contributed by atoms with Gasteiger partial charge in [0.05, 0.1) is 0 Å². The molecule has 1 amide bonds. The first-order valence-electron chi connectivity index (χ1n) is 10.2. The van der Waals surface area contributed by atoms with Crippen LogP contribution in [0.2, 0.25) is 0 Å². The summed E-state index contributed by atoms with van der Waals surface area (Å²) in [5, 5.41) is 3.05. The lowest BCUT2D eigenvalue weighted by atomic mass is 9.83. The number of piperazine rings is 1. The molecule has 1 aliphatic carbocycles. The zero-order valence-corrected chi connectivity index (χ0v) is 16.0. The molecule has 1 N–H and O–H groups in total. The highest BCUT2D eigenvalue weighted by Gasteiger charge is 2.40. The Labute approximate surface area is 156 Å². The molecule has 2 atom stereocenters. The Morgan fingerprint density at radius 1 is 1.08 bits per heavy atom. The van der Waals surface area contributed by atoms with E-state index in [1.165, 1.54) is 18.4 Å². The molecule has 6 heteroatoms. The number of anilines is 1. The van der Waals surface area contributed by atoms with E-state index in [0.29, 0.717) is 24.0 Å². The van der Waals surface area contributed by atoms with Crippen LogP contribution in [0.1, 0.15) is 63.9 Å². The molecule has 0 spiro atoms. The van der Waals surface area contributed by atoms with E-state index < -0.39 is 0 Å². The molecule has 2 aliphatic heterocycles. The van der Waals surface area contributed by atoms with E-state index in [2.05, 4.69) is 34.4 Å². The summed E-state index contributed by atoms with van der Waals surface area (Å²) in [6.45, 7) is 7.28. The van der Waals surface area contributed by atoms with Crippen molar-refractivity contribution in [2.75, 3.05) is 24.5 Å². The van der Waals surface area contributed by atoms with Crippen LogP contribution >= 0.6 is 0 Å². The number of nitrogens with one attached hydrogen (secondary N) is 1. The first kappa shape index (κ1) is 17.7. The largest absolute Gasteiger partial charge is 0.354 e. The van der Waals surface area contributed by atoms with Crippen molar-refractivity contribution in [1.29, 1.82) is 0 Å². The fraction of sp³-hybridized carbons (Fsp3) is 0.750. The topological polar surface area (TPSA) is 61.4 Å². The minimum absolute atomic E-state index is 0.0823. The average molecular weight is 358 g/mol. The van der Waals surface area contributed by atoms with Crippen molar-refractivity contribution in [3.63, 3.8) is 0 Å². The van der Waals surface area contributed by atoms with Gasteiger partial charge in [-0.3, -0.25) is 9.69 Å². The predicted molar refractivity (Wildman–Crippen MR) is 102 cm³/mol. The summed E-state index contributed by atoms with van der Waals surface area (Å²) in [5.41, 5.74) is 1.26. The molecule has 1 saturated carbocycles. The van der Waals surface area contributed by atoms with Gasteiger partial charge in [-0.15, -0.1) is 0 Å². The van der Waals surface area contributed by atoms with Gasteiger partial charge >= 0.3 is 0 Å². The molecule has 1 aromatic rings. The van der Waals surface area contributed by atoms with Crippen LogP contribution in [0, 0.1) is 0 Å². The Morgan fingerprint density at radius 3 is 2.23 bits per heavy atom. The summed E-state index contributed by atoms with van der Waals surface area (Å²) in [4.78, 5) is 25.8. The summed E-state index contributed by atoms with van der Waals surface area (Å²) in [6, 6.07) is 1.50. The van der Waals surface area contributed by atoms with Crippen LogP contribution in [0.4, 0.5) is 5.95 Å².